The molecule has 1 rings (SSSR count). The predicted octanol–water partition coefficient (Wildman–Crippen LogP) is 2.80. The van der Waals surface area contributed by atoms with Gasteiger partial charge in [0.2, 0.25) is 5.91 Å². The summed E-state index contributed by atoms with van der Waals surface area (Å²) >= 11 is 5.89. The first-order valence-corrected chi connectivity index (χ1v) is 8.91. The van der Waals surface area contributed by atoms with Gasteiger partial charge >= 0.3 is 12.1 Å². The number of carbonyl (C=O) groups is 3. The lowest BCUT2D eigenvalue weighted by atomic mass is 10.0. The van der Waals surface area contributed by atoms with Gasteiger partial charge in [-0.05, 0) is 45.4 Å². The number of methoxy groups -OCH3 is 1. The number of nitrogens with one attached hydrogen (secondary N) is 1. The minimum absolute atomic E-state index is 0.216. The van der Waals surface area contributed by atoms with Crippen LogP contribution in [-0.2, 0) is 25.5 Å². The lowest BCUT2D eigenvalue weighted by molar-refractivity contribution is -0.151. The smallest absolute Gasteiger partial charge is 0.408 e. The number of nitrogens with zero attached hydrogens (tertiary/aromatic N) is 1. The van der Waals surface area contributed by atoms with Crippen LogP contribution in [0, 0.1) is 0 Å². The minimum atomic E-state index is -0.918. The maximum absolute atomic E-state index is 12.9. The van der Waals surface area contributed by atoms with Crippen molar-refractivity contribution in [1.82, 2.24) is 10.2 Å². The third kappa shape index (κ3) is 7.46. The maximum atomic E-state index is 12.9. The molecule has 0 aliphatic rings. The Hall–Kier alpha value is -2.28. The number of amides is 2. The fourth-order valence-electron chi connectivity index (χ4n) is 2.27. The Bertz CT molecular complexity index is 670. The summed E-state index contributed by atoms with van der Waals surface area (Å²) in [6.07, 6.45) is -0.498. The third-order valence-electron chi connectivity index (χ3n) is 3.81. The number of alkyl carbamates (subject to hydrolysis) is 1. The van der Waals surface area contributed by atoms with Crippen molar-refractivity contribution in [1.29, 1.82) is 0 Å². The number of benzene rings is 1. The molecule has 1 N–H and O–H groups in total. The highest BCUT2D eigenvalue weighted by atomic mass is 35.5. The predicted molar refractivity (Wildman–Crippen MR) is 103 cm³/mol. The van der Waals surface area contributed by atoms with E-state index in [2.05, 4.69) is 10.1 Å². The zero-order valence-electron chi connectivity index (χ0n) is 16.5. The van der Waals surface area contributed by atoms with E-state index in [4.69, 9.17) is 16.3 Å². The standard InChI is InChI=1S/C19H27ClN2O5/c1-12(17(24)26-6)22(5)16(23)15(21-18(25)27-19(2,3)4)11-13-7-9-14(20)10-8-13/h7-10,12,15H,11H2,1-6H3,(H,21,25)/t12-,15?/m0/s1. The van der Waals surface area contributed by atoms with E-state index < -0.39 is 35.7 Å². The van der Waals surface area contributed by atoms with E-state index in [0.29, 0.717) is 5.02 Å². The first-order valence-electron chi connectivity index (χ1n) is 8.53. The van der Waals surface area contributed by atoms with Crippen LogP contribution in [0.2, 0.25) is 5.02 Å². The van der Waals surface area contributed by atoms with Gasteiger partial charge in [-0.25, -0.2) is 9.59 Å². The lowest BCUT2D eigenvalue weighted by Crippen LogP contribution is -2.53. The first-order chi connectivity index (χ1) is 12.4. The van der Waals surface area contributed by atoms with Gasteiger partial charge in [-0.1, -0.05) is 23.7 Å². The Balaban J connectivity index is 3.01. The molecule has 1 aromatic rings. The fraction of sp³-hybridized carbons (Fsp3) is 0.526. The lowest BCUT2D eigenvalue weighted by Gasteiger charge is -2.29. The zero-order chi connectivity index (χ0) is 20.8. The molecule has 0 fully saturated rings. The molecule has 1 unspecified atom stereocenters. The van der Waals surface area contributed by atoms with Gasteiger partial charge in [0, 0.05) is 18.5 Å². The molecule has 2 atom stereocenters. The summed E-state index contributed by atoms with van der Waals surface area (Å²) in [4.78, 5) is 38.1. The average molecular weight is 399 g/mol. The SMILES string of the molecule is COC(=O)[C@H](C)N(C)C(=O)C(Cc1ccc(Cl)cc1)NC(=O)OC(C)(C)C. The second-order valence-electron chi connectivity index (χ2n) is 7.18. The molecule has 0 aliphatic heterocycles. The number of hydrogen-bond donors (Lipinski definition) is 1. The average Bonchev–Trinajstić information content (AvgIpc) is 2.58. The Morgan fingerprint density at radius 2 is 1.74 bits per heavy atom. The normalized spacial score (nSPS) is 13.3. The number of esters is 1. The number of hydrogen-bond acceptors (Lipinski definition) is 5. The van der Waals surface area contributed by atoms with Gasteiger partial charge in [-0.3, -0.25) is 4.79 Å². The van der Waals surface area contributed by atoms with Crippen molar-refractivity contribution in [2.75, 3.05) is 14.2 Å². The van der Waals surface area contributed by atoms with E-state index in [0.717, 1.165) is 5.56 Å². The van der Waals surface area contributed by atoms with Crippen molar-refractivity contribution in [3.05, 3.63) is 34.9 Å². The zero-order valence-corrected chi connectivity index (χ0v) is 17.3. The minimum Gasteiger partial charge on any atom is -0.467 e. The summed E-state index contributed by atoms with van der Waals surface area (Å²) in [5.41, 5.74) is 0.0938. The van der Waals surface area contributed by atoms with Gasteiger partial charge in [0.15, 0.2) is 0 Å². The second-order valence-corrected chi connectivity index (χ2v) is 7.61. The van der Waals surface area contributed by atoms with E-state index in [-0.39, 0.29) is 6.42 Å². The highest BCUT2D eigenvalue weighted by molar-refractivity contribution is 6.30. The van der Waals surface area contributed by atoms with E-state index in [1.807, 2.05) is 0 Å². The van der Waals surface area contributed by atoms with Crippen LogP contribution in [0.3, 0.4) is 0 Å². The second kappa shape index (κ2) is 9.60. The molecule has 7 nitrogen and oxygen atoms in total. The topological polar surface area (TPSA) is 84.9 Å². The van der Waals surface area contributed by atoms with Crippen LogP contribution in [0.1, 0.15) is 33.3 Å². The van der Waals surface area contributed by atoms with Gasteiger partial charge in [0.1, 0.15) is 17.7 Å². The van der Waals surface area contributed by atoms with Crippen molar-refractivity contribution in [2.24, 2.45) is 0 Å². The van der Waals surface area contributed by atoms with E-state index >= 15 is 0 Å². The van der Waals surface area contributed by atoms with E-state index in [1.54, 1.807) is 52.0 Å². The van der Waals surface area contributed by atoms with Crippen LogP contribution in [0.5, 0.6) is 0 Å². The van der Waals surface area contributed by atoms with Gasteiger partial charge in [-0.2, -0.15) is 0 Å². The molecule has 0 saturated heterocycles. The molecule has 1 aromatic carbocycles. The third-order valence-corrected chi connectivity index (χ3v) is 4.06. The Morgan fingerprint density at radius 3 is 2.22 bits per heavy atom. The molecule has 0 aliphatic carbocycles. The van der Waals surface area contributed by atoms with E-state index in [1.165, 1.54) is 19.1 Å². The molecular formula is C19H27ClN2O5. The molecule has 2 amide bonds. The van der Waals surface area contributed by atoms with E-state index in [9.17, 15) is 14.4 Å². The summed E-state index contributed by atoms with van der Waals surface area (Å²) in [7, 11) is 2.73. The number of rotatable bonds is 6. The quantitative estimate of drug-likeness (QED) is 0.745. The Morgan fingerprint density at radius 1 is 1.19 bits per heavy atom. The molecule has 0 radical (unpaired) electrons. The monoisotopic (exact) mass is 398 g/mol. The van der Waals surface area contributed by atoms with Crippen LogP contribution < -0.4 is 5.32 Å². The summed E-state index contributed by atoms with van der Waals surface area (Å²) < 4.78 is 9.93. The Labute approximate surface area is 165 Å². The van der Waals surface area contributed by atoms with Gasteiger partial charge in [-0.15, -0.1) is 0 Å². The fourth-order valence-corrected chi connectivity index (χ4v) is 2.40. The van der Waals surface area contributed by atoms with Crippen molar-refractivity contribution in [2.45, 2.75) is 51.8 Å². The molecule has 0 spiro atoms. The highest BCUT2D eigenvalue weighted by Gasteiger charge is 2.31. The van der Waals surface area contributed by atoms with Crippen molar-refractivity contribution >= 4 is 29.6 Å². The summed E-state index contributed by atoms with van der Waals surface area (Å²) in [5.74, 6) is -0.984. The molecule has 0 aromatic heterocycles. The van der Waals surface area contributed by atoms with Crippen molar-refractivity contribution in [3.63, 3.8) is 0 Å². The molecule has 0 saturated carbocycles. The van der Waals surface area contributed by atoms with Crippen LogP contribution in [0.15, 0.2) is 24.3 Å². The van der Waals surface area contributed by atoms with Crippen LogP contribution >= 0.6 is 11.6 Å². The van der Waals surface area contributed by atoms with Crippen molar-refractivity contribution < 1.29 is 23.9 Å². The van der Waals surface area contributed by atoms with Gasteiger partial charge in [0.25, 0.3) is 0 Å². The van der Waals surface area contributed by atoms with Crippen LogP contribution in [0.4, 0.5) is 4.79 Å². The molecule has 0 heterocycles. The van der Waals surface area contributed by atoms with Crippen LogP contribution in [-0.4, -0.2) is 54.7 Å². The molecule has 27 heavy (non-hydrogen) atoms. The highest BCUT2D eigenvalue weighted by Crippen LogP contribution is 2.14. The van der Waals surface area contributed by atoms with Gasteiger partial charge in [0.05, 0.1) is 7.11 Å². The van der Waals surface area contributed by atoms with Gasteiger partial charge < -0.3 is 19.7 Å². The van der Waals surface area contributed by atoms with Crippen molar-refractivity contribution in [3.8, 4) is 0 Å². The molecule has 0 bridgehead atoms. The number of ether oxygens (including phenoxy) is 2. The number of likely N-dealkylation sites (N-methyl/N-ethyl adjacent to an activating group) is 1. The van der Waals surface area contributed by atoms with Crippen LogP contribution in [0.25, 0.3) is 0 Å². The Kier molecular flexibility index (Phi) is 8.09. The summed E-state index contributed by atoms with van der Waals surface area (Å²) in [5, 5.41) is 3.16. The summed E-state index contributed by atoms with van der Waals surface area (Å²) in [6, 6.07) is 5.22. The maximum Gasteiger partial charge on any atom is 0.408 e. The summed E-state index contributed by atoms with van der Waals surface area (Å²) in [6.45, 7) is 6.74. The number of carbonyl (C=O) groups excluding carboxylic acids is 3. The number of halogens is 1. The molecule has 8 heteroatoms. The molecule has 150 valence electrons. The largest absolute Gasteiger partial charge is 0.467 e. The molecular weight excluding hydrogens is 372 g/mol. The first kappa shape index (κ1) is 22.8.